The summed E-state index contributed by atoms with van der Waals surface area (Å²) in [4.78, 5) is 23.5. The number of furan rings is 1. The number of carbonyl (C=O) groups excluding carboxylic acids is 2. The standard InChI is InChI=1S/C13H17NO5/c1-17-12(18-2)7-14-13(16)11-6-8-9(15)4-3-5-10(8)19-11/h6,12H,3-5,7H2,1-2H3,(H,14,16). The lowest BCUT2D eigenvalue weighted by molar-refractivity contribution is -0.0975. The molecule has 19 heavy (non-hydrogen) atoms. The van der Waals surface area contributed by atoms with Gasteiger partial charge in [-0.3, -0.25) is 9.59 Å². The third kappa shape index (κ3) is 3.02. The van der Waals surface area contributed by atoms with Crippen molar-refractivity contribution in [2.75, 3.05) is 20.8 Å². The van der Waals surface area contributed by atoms with Gasteiger partial charge in [-0.15, -0.1) is 0 Å². The maximum Gasteiger partial charge on any atom is 0.287 e. The van der Waals surface area contributed by atoms with Crippen molar-refractivity contribution in [3.63, 3.8) is 0 Å². The highest BCUT2D eigenvalue weighted by molar-refractivity contribution is 6.01. The molecule has 0 atom stereocenters. The minimum absolute atomic E-state index is 0.0377. The first-order chi connectivity index (χ1) is 9.15. The fourth-order valence-electron chi connectivity index (χ4n) is 2.03. The van der Waals surface area contributed by atoms with Crippen LogP contribution in [-0.2, 0) is 15.9 Å². The minimum atomic E-state index is -0.504. The molecule has 1 N–H and O–H groups in total. The number of methoxy groups -OCH3 is 2. The van der Waals surface area contributed by atoms with Gasteiger partial charge in [-0.2, -0.15) is 0 Å². The third-order valence-corrected chi connectivity index (χ3v) is 3.10. The Morgan fingerprint density at radius 1 is 1.42 bits per heavy atom. The van der Waals surface area contributed by atoms with E-state index < -0.39 is 6.29 Å². The molecule has 0 aliphatic heterocycles. The van der Waals surface area contributed by atoms with Crippen LogP contribution in [-0.4, -0.2) is 38.7 Å². The van der Waals surface area contributed by atoms with Crippen molar-refractivity contribution in [3.05, 3.63) is 23.2 Å². The lowest BCUT2D eigenvalue weighted by atomic mass is 9.97. The van der Waals surface area contributed by atoms with Crippen molar-refractivity contribution in [2.45, 2.75) is 25.6 Å². The molecule has 1 heterocycles. The van der Waals surface area contributed by atoms with Crippen molar-refractivity contribution in [3.8, 4) is 0 Å². The molecular formula is C13H17NO5. The van der Waals surface area contributed by atoms with Crippen LogP contribution in [0.1, 0.15) is 39.5 Å². The molecule has 0 aromatic carbocycles. The molecule has 0 unspecified atom stereocenters. The maximum atomic E-state index is 11.9. The largest absolute Gasteiger partial charge is 0.455 e. The Labute approximate surface area is 111 Å². The molecule has 1 aromatic heterocycles. The Bertz CT molecular complexity index is 475. The molecule has 0 bridgehead atoms. The zero-order valence-electron chi connectivity index (χ0n) is 11.0. The van der Waals surface area contributed by atoms with Gasteiger partial charge in [0.1, 0.15) is 5.76 Å². The van der Waals surface area contributed by atoms with E-state index in [0.717, 1.165) is 6.42 Å². The quantitative estimate of drug-likeness (QED) is 0.810. The smallest absolute Gasteiger partial charge is 0.287 e. The van der Waals surface area contributed by atoms with Crippen LogP contribution in [0.25, 0.3) is 0 Å². The molecule has 6 heteroatoms. The molecule has 1 aliphatic carbocycles. The first kappa shape index (κ1) is 13.8. The van der Waals surface area contributed by atoms with E-state index in [1.807, 2.05) is 0 Å². The van der Waals surface area contributed by atoms with Crippen LogP contribution in [0.5, 0.6) is 0 Å². The Kier molecular flexibility index (Phi) is 4.34. The second-order valence-electron chi connectivity index (χ2n) is 4.34. The van der Waals surface area contributed by atoms with Crippen LogP contribution in [0.3, 0.4) is 0 Å². The number of nitrogens with one attached hydrogen (secondary N) is 1. The summed E-state index contributed by atoms with van der Waals surface area (Å²) in [5, 5.41) is 2.63. The molecule has 2 rings (SSSR count). The van der Waals surface area contributed by atoms with E-state index in [0.29, 0.717) is 24.2 Å². The first-order valence-corrected chi connectivity index (χ1v) is 6.15. The minimum Gasteiger partial charge on any atom is -0.455 e. The number of Topliss-reactive ketones (excluding diaryl/α,β-unsaturated/α-hetero) is 1. The van der Waals surface area contributed by atoms with E-state index in [9.17, 15) is 9.59 Å². The van der Waals surface area contributed by atoms with Crippen molar-refractivity contribution in [2.24, 2.45) is 0 Å². The summed E-state index contributed by atoms with van der Waals surface area (Å²) in [6.07, 6.45) is 1.49. The van der Waals surface area contributed by atoms with E-state index in [4.69, 9.17) is 13.9 Å². The molecule has 0 fully saturated rings. The predicted molar refractivity (Wildman–Crippen MR) is 66.1 cm³/mol. The SMILES string of the molecule is COC(CNC(=O)c1cc2c(o1)CCCC2=O)OC. The van der Waals surface area contributed by atoms with Gasteiger partial charge in [0.2, 0.25) is 0 Å². The third-order valence-electron chi connectivity index (χ3n) is 3.10. The number of aryl methyl sites for hydroxylation is 1. The van der Waals surface area contributed by atoms with Crippen LogP contribution in [0.4, 0.5) is 0 Å². The molecule has 1 aromatic rings. The summed E-state index contributed by atoms with van der Waals surface area (Å²) in [7, 11) is 2.98. The summed E-state index contributed by atoms with van der Waals surface area (Å²) < 4.78 is 15.3. The molecule has 1 aliphatic rings. The summed E-state index contributed by atoms with van der Waals surface area (Å²) >= 11 is 0. The summed E-state index contributed by atoms with van der Waals surface area (Å²) in [5.41, 5.74) is 0.534. The molecular weight excluding hydrogens is 250 g/mol. The molecule has 6 nitrogen and oxygen atoms in total. The van der Waals surface area contributed by atoms with Crippen molar-refractivity contribution in [1.82, 2.24) is 5.32 Å². The van der Waals surface area contributed by atoms with Crippen molar-refractivity contribution < 1.29 is 23.5 Å². The molecule has 0 spiro atoms. The summed E-state index contributed by atoms with van der Waals surface area (Å²) in [6, 6.07) is 1.51. The lowest BCUT2D eigenvalue weighted by Gasteiger charge is -2.13. The van der Waals surface area contributed by atoms with Crippen LogP contribution in [0.15, 0.2) is 10.5 Å². The average Bonchev–Trinajstić information content (AvgIpc) is 2.85. The van der Waals surface area contributed by atoms with Gasteiger partial charge in [-0.05, 0) is 6.42 Å². The average molecular weight is 267 g/mol. The zero-order valence-corrected chi connectivity index (χ0v) is 11.0. The van der Waals surface area contributed by atoms with Gasteiger partial charge in [0.25, 0.3) is 5.91 Å². The van der Waals surface area contributed by atoms with Crippen molar-refractivity contribution >= 4 is 11.7 Å². The Morgan fingerprint density at radius 2 is 2.16 bits per heavy atom. The van der Waals surface area contributed by atoms with Gasteiger partial charge in [0.15, 0.2) is 17.8 Å². The topological polar surface area (TPSA) is 77.8 Å². The van der Waals surface area contributed by atoms with Gasteiger partial charge in [0.05, 0.1) is 12.1 Å². The highest BCUT2D eigenvalue weighted by Gasteiger charge is 2.24. The van der Waals surface area contributed by atoms with E-state index in [1.165, 1.54) is 20.3 Å². The normalized spacial score (nSPS) is 14.6. The van der Waals surface area contributed by atoms with Crippen LogP contribution >= 0.6 is 0 Å². The first-order valence-electron chi connectivity index (χ1n) is 6.15. The summed E-state index contributed by atoms with van der Waals surface area (Å²) in [5.74, 6) is 0.430. The van der Waals surface area contributed by atoms with E-state index in [-0.39, 0.29) is 24.0 Å². The number of amides is 1. The fourth-order valence-corrected chi connectivity index (χ4v) is 2.03. The van der Waals surface area contributed by atoms with Crippen LogP contribution < -0.4 is 5.32 Å². The monoisotopic (exact) mass is 267 g/mol. The number of carbonyl (C=O) groups is 2. The second kappa shape index (κ2) is 5.99. The van der Waals surface area contributed by atoms with Gasteiger partial charge < -0.3 is 19.2 Å². The second-order valence-corrected chi connectivity index (χ2v) is 4.34. The number of ketones is 1. The molecule has 0 saturated heterocycles. The van der Waals surface area contributed by atoms with Crippen LogP contribution in [0, 0.1) is 0 Å². The zero-order chi connectivity index (χ0) is 13.8. The highest BCUT2D eigenvalue weighted by atomic mass is 16.7. The van der Waals surface area contributed by atoms with Crippen molar-refractivity contribution in [1.29, 1.82) is 0 Å². The Balaban J connectivity index is 2.02. The van der Waals surface area contributed by atoms with Gasteiger partial charge in [-0.25, -0.2) is 0 Å². The van der Waals surface area contributed by atoms with Gasteiger partial charge in [-0.1, -0.05) is 0 Å². The summed E-state index contributed by atoms with van der Waals surface area (Å²) in [6.45, 7) is 0.213. The number of fused-ring (bicyclic) bond motifs is 1. The maximum absolute atomic E-state index is 11.9. The lowest BCUT2D eigenvalue weighted by Crippen LogP contribution is -2.33. The molecule has 1 amide bonds. The predicted octanol–water partition coefficient (Wildman–Crippen LogP) is 1.15. The highest BCUT2D eigenvalue weighted by Crippen LogP contribution is 2.24. The number of rotatable bonds is 5. The Hall–Kier alpha value is -1.66. The fraction of sp³-hybridized carbons (Fsp3) is 0.538. The molecule has 104 valence electrons. The van der Waals surface area contributed by atoms with E-state index in [2.05, 4.69) is 5.32 Å². The Morgan fingerprint density at radius 3 is 2.79 bits per heavy atom. The number of hydrogen-bond acceptors (Lipinski definition) is 5. The number of hydrogen-bond donors (Lipinski definition) is 1. The molecule has 0 saturated carbocycles. The van der Waals surface area contributed by atoms with Gasteiger partial charge >= 0.3 is 0 Å². The van der Waals surface area contributed by atoms with Gasteiger partial charge in [0, 0.05) is 33.1 Å². The number of ether oxygens (including phenoxy) is 2. The van der Waals surface area contributed by atoms with E-state index >= 15 is 0 Å². The van der Waals surface area contributed by atoms with E-state index in [1.54, 1.807) is 0 Å². The molecule has 0 radical (unpaired) electrons. The van der Waals surface area contributed by atoms with Crippen LogP contribution in [0.2, 0.25) is 0 Å².